The third kappa shape index (κ3) is 3.12. The van der Waals surface area contributed by atoms with E-state index in [4.69, 9.17) is 5.11 Å². The van der Waals surface area contributed by atoms with E-state index in [1.807, 2.05) is 0 Å². The summed E-state index contributed by atoms with van der Waals surface area (Å²) in [6.45, 7) is 3.84. The summed E-state index contributed by atoms with van der Waals surface area (Å²) in [6.07, 6.45) is 1.43. The molecule has 2 aromatic heterocycles. The van der Waals surface area contributed by atoms with Crippen LogP contribution in [0, 0.1) is 25.2 Å². The Balaban J connectivity index is 2.21. The highest BCUT2D eigenvalue weighted by molar-refractivity contribution is 5.87. The zero-order valence-electron chi connectivity index (χ0n) is 11.6. The molecule has 7 nitrogen and oxygen atoms in total. The van der Waals surface area contributed by atoms with Crippen molar-refractivity contribution in [1.29, 1.82) is 5.26 Å². The third-order valence-electron chi connectivity index (χ3n) is 3.07. The number of pyridine rings is 1. The van der Waals surface area contributed by atoms with E-state index >= 15 is 0 Å². The van der Waals surface area contributed by atoms with Crippen LogP contribution in [-0.2, 0) is 6.54 Å². The van der Waals surface area contributed by atoms with Crippen LogP contribution in [0.1, 0.15) is 32.9 Å². The maximum absolute atomic E-state index is 10.9. The number of hydrogen-bond donors (Lipinski definition) is 2. The van der Waals surface area contributed by atoms with Crippen molar-refractivity contribution in [2.24, 2.45) is 0 Å². The van der Waals surface area contributed by atoms with Crippen LogP contribution in [0.4, 0.5) is 5.82 Å². The number of nitrogens with zero attached hydrogens (tertiary/aromatic N) is 4. The van der Waals surface area contributed by atoms with Gasteiger partial charge in [-0.2, -0.15) is 10.4 Å². The highest BCUT2D eigenvalue weighted by atomic mass is 16.4. The lowest BCUT2D eigenvalue weighted by atomic mass is 10.1. The first-order chi connectivity index (χ1) is 10.0. The van der Waals surface area contributed by atoms with Gasteiger partial charge in [0.15, 0.2) is 5.82 Å². The Morgan fingerprint density at radius 2 is 2.19 bits per heavy atom. The topological polar surface area (TPSA) is 112 Å². The minimum absolute atomic E-state index is 0.161. The minimum atomic E-state index is -1.01. The molecule has 106 valence electrons. The number of carboxylic acids is 1. The van der Waals surface area contributed by atoms with E-state index in [9.17, 15) is 10.1 Å². The first-order valence-corrected chi connectivity index (χ1v) is 6.19. The minimum Gasteiger partial charge on any atom is -0.478 e. The average molecular weight is 283 g/mol. The van der Waals surface area contributed by atoms with Crippen LogP contribution in [0.2, 0.25) is 0 Å². The van der Waals surface area contributed by atoms with Crippen molar-refractivity contribution in [1.82, 2.24) is 15.2 Å². The highest BCUT2D eigenvalue weighted by Crippen LogP contribution is 2.17. The maximum Gasteiger partial charge on any atom is 0.335 e. The van der Waals surface area contributed by atoms with Crippen molar-refractivity contribution >= 4 is 11.8 Å². The van der Waals surface area contributed by atoms with Crippen molar-refractivity contribution in [2.45, 2.75) is 20.4 Å². The molecule has 0 aliphatic heterocycles. The fourth-order valence-electron chi connectivity index (χ4n) is 1.75. The monoisotopic (exact) mass is 283 g/mol. The van der Waals surface area contributed by atoms with Crippen LogP contribution in [0.3, 0.4) is 0 Å². The van der Waals surface area contributed by atoms with E-state index < -0.39 is 5.97 Å². The lowest BCUT2D eigenvalue weighted by Gasteiger charge is -2.09. The van der Waals surface area contributed by atoms with Gasteiger partial charge in [0.2, 0.25) is 0 Å². The van der Waals surface area contributed by atoms with Gasteiger partial charge < -0.3 is 10.4 Å². The largest absolute Gasteiger partial charge is 0.478 e. The van der Waals surface area contributed by atoms with Gasteiger partial charge >= 0.3 is 5.97 Å². The predicted molar refractivity (Wildman–Crippen MR) is 74.7 cm³/mol. The Morgan fingerprint density at radius 3 is 2.86 bits per heavy atom. The molecule has 0 fully saturated rings. The van der Waals surface area contributed by atoms with Crippen molar-refractivity contribution in [3.8, 4) is 6.07 Å². The van der Waals surface area contributed by atoms with Gasteiger partial charge in [0.1, 0.15) is 11.6 Å². The number of rotatable bonds is 4. The number of nitriles is 1. The van der Waals surface area contributed by atoms with Crippen molar-refractivity contribution in [3.63, 3.8) is 0 Å². The van der Waals surface area contributed by atoms with Crippen LogP contribution >= 0.6 is 0 Å². The van der Waals surface area contributed by atoms with Crippen LogP contribution < -0.4 is 5.32 Å². The summed E-state index contributed by atoms with van der Waals surface area (Å²) in [5, 5.41) is 29.0. The van der Waals surface area contributed by atoms with Crippen LogP contribution in [0.5, 0.6) is 0 Å². The molecule has 21 heavy (non-hydrogen) atoms. The molecule has 7 heteroatoms. The number of carboxylic acid groups (broad SMARTS) is 1. The summed E-state index contributed by atoms with van der Waals surface area (Å²) in [5.74, 6) is -0.648. The molecule has 0 aromatic carbocycles. The summed E-state index contributed by atoms with van der Waals surface area (Å²) in [5.41, 5.74) is 2.59. The SMILES string of the molecule is Cc1nnc(NCc2cc(C(=O)O)ccn2)c(C#N)c1C. The Hall–Kier alpha value is -3.01. The summed E-state index contributed by atoms with van der Waals surface area (Å²) in [7, 11) is 0. The molecule has 2 N–H and O–H groups in total. The van der Waals surface area contributed by atoms with E-state index in [-0.39, 0.29) is 12.1 Å². The van der Waals surface area contributed by atoms with Crippen LogP contribution in [-0.4, -0.2) is 26.3 Å². The van der Waals surface area contributed by atoms with Crippen molar-refractivity contribution < 1.29 is 9.90 Å². The van der Waals surface area contributed by atoms with E-state index in [2.05, 4.69) is 26.6 Å². The smallest absolute Gasteiger partial charge is 0.335 e. The van der Waals surface area contributed by atoms with Crippen molar-refractivity contribution in [3.05, 3.63) is 46.4 Å². The van der Waals surface area contributed by atoms with Gasteiger partial charge in [-0.3, -0.25) is 4.98 Å². The number of anilines is 1. The molecule has 0 bridgehead atoms. The highest BCUT2D eigenvalue weighted by Gasteiger charge is 2.11. The summed E-state index contributed by atoms with van der Waals surface area (Å²) < 4.78 is 0. The molecule has 0 spiro atoms. The molecule has 0 aliphatic carbocycles. The second-order valence-electron chi connectivity index (χ2n) is 4.44. The van der Waals surface area contributed by atoms with Gasteiger partial charge in [-0.1, -0.05) is 0 Å². The number of hydrogen-bond acceptors (Lipinski definition) is 6. The molecule has 0 atom stereocenters. The standard InChI is InChI=1S/C14H13N5O2/c1-8-9(2)18-19-13(12(8)6-15)17-7-11-5-10(14(20)21)3-4-16-11/h3-5H,7H2,1-2H3,(H,17,19)(H,20,21). The summed E-state index contributed by atoms with van der Waals surface area (Å²) >= 11 is 0. The Morgan fingerprint density at radius 1 is 1.43 bits per heavy atom. The van der Waals surface area contributed by atoms with E-state index in [1.54, 1.807) is 13.8 Å². The van der Waals surface area contributed by atoms with Crippen molar-refractivity contribution in [2.75, 3.05) is 5.32 Å². The number of aromatic nitrogens is 3. The number of aryl methyl sites for hydroxylation is 1. The molecule has 0 aliphatic rings. The Labute approximate surface area is 121 Å². The van der Waals surface area contributed by atoms with Gasteiger partial charge in [0.05, 0.1) is 23.5 Å². The molecule has 0 unspecified atom stereocenters. The number of nitrogens with one attached hydrogen (secondary N) is 1. The zero-order valence-corrected chi connectivity index (χ0v) is 11.6. The van der Waals surface area contributed by atoms with Crippen LogP contribution in [0.15, 0.2) is 18.3 Å². The maximum atomic E-state index is 10.9. The third-order valence-corrected chi connectivity index (χ3v) is 3.07. The van der Waals surface area contributed by atoms with Gasteiger partial charge in [0, 0.05) is 6.20 Å². The van der Waals surface area contributed by atoms with E-state index in [0.29, 0.717) is 22.8 Å². The second kappa shape index (κ2) is 5.96. The van der Waals surface area contributed by atoms with Gasteiger partial charge in [-0.25, -0.2) is 4.79 Å². The molecule has 2 heterocycles. The fourth-order valence-corrected chi connectivity index (χ4v) is 1.75. The summed E-state index contributed by atoms with van der Waals surface area (Å²) in [4.78, 5) is 15.0. The fraction of sp³-hybridized carbons (Fsp3) is 0.214. The second-order valence-corrected chi connectivity index (χ2v) is 4.44. The van der Waals surface area contributed by atoms with Gasteiger partial charge in [0.25, 0.3) is 0 Å². The first kappa shape index (κ1) is 14.4. The average Bonchev–Trinajstić information content (AvgIpc) is 2.48. The first-order valence-electron chi connectivity index (χ1n) is 6.19. The van der Waals surface area contributed by atoms with Gasteiger partial charge in [-0.15, -0.1) is 5.10 Å². The molecular formula is C14H13N5O2. The molecule has 0 saturated carbocycles. The molecule has 2 rings (SSSR count). The predicted octanol–water partition coefficient (Wildman–Crippen LogP) is 1.67. The molecule has 0 amide bonds. The lowest BCUT2D eigenvalue weighted by Crippen LogP contribution is -2.09. The van der Waals surface area contributed by atoms with Crippen LogP contribution in [0.25, 0.3) is 0 Å². The molecule has 2 aromatic rings. The van der Waals surface area contributed by atoms with Gasteiger partial charge in [-0.05, 0) is 31.5 Å². The lowest BCUT2D eigenvalue weighted by molar-refractivity contribution is 0.0696. The number of aromatic carboxylic acids is 1. The quantitative estimate of drug-likeness (QED) is 0.877. The van der Waals surface area contributed by atoms with E-state index in [0.717, 1.165) is 5.56 Å². The normalized spacial score (nSPS) is 9.95. The molecule has 0 saturated heterocycles. The summed E-state index contributed by atoms with van der Waals surface area (Å²) in [6, 6.07) is 4.98. The Bertz CT molecular complexity index is 737. The number of carbonyl (C=O) groups is 1. The Kier molecular flexibility index (Phi) is 4.09. The zero-order chi connectivity index (χ0) is 15.4. The molecular weight excluding hydrogens is 270 g/mol. The van der Waals surface area contributed by atoms with E-state index in [1.165, 1.54) is 18.3 Å². The molecule has 0 radical (unpaired) electrons.